The van der Waals surface area contributed by atoms with Gasteiger partial charge >= 0.3 is 0 Å². The number of nitrogens with two attached hydrogens (primary N) is 1. The van der Waals surface area contributed by atoms with Gasteiger partial charge in [-0.2, -0.15) is 8.42 Å². The van der Waals surface area contributed by atoms with Gasteiger partial charge < -0.3 is 4.74 Å². The minimum absolute atomic E-state index is 0.0650. The molecule has 0 unspecified atom stereocenters. The van der Waals surface area contributed by atoms with Crippen LogP contribution in [0.5, 0.6) is 5.75 Å². The Morgan fingerprint density at radius 3 is 2.43 bits per heavy atom. The van der Waals surface area contributed by atoms with Crippen molar-refractivity contribution in [3.8, 4) is 5.75 Å². The third-order valence-corrected chi connectivity index (χ3v) is 5.11. The Labute approximate surface area is 143 Å². The van der Waals surface area contributed by atoms with E-state index in [1.807, 2.05) is 6.92 Å². The first-order valence-corrected chi connectivity index (χ1v) is 9.00. The Bertz CT molecular complexity index is 846. The first-order valence-electron chi connectivity index (χ1n) is 6.76. The maximum Gasteiger partial charge on any atom is 0.295 e. The van der Waals surface area contributed by atoms with Gasteiger partial charge in [-0.3, -0.25) is 4.55 Å². The Morgan fingerprint density at radius 1 is 1.22 bits per heavy atom. The van der Waals surface area contributed by atoms with Gasteiger partial charge in [0.05, 0.1) is 4.47 Å². The molecule has 0 aliphatic rings. The second-order valence-corrected chi connectivity index (χ2v) is 7.62. The van der Waals surface area contributed by atoms with Crippen molar-refractivity contribution in [3.63, 3.8) is 0 Å². The molecule has 1 aromatic carbocycles. The fourth-order valence-electron chi connectivity index (χ4n) is 2.60. The Hall–Kier alpha value is -1.64. The van der Waals surface area contributed by atoms with Crippen molar-refractivity contribution in [2.75, 3.05) is 5.84 Å². The molecular formula is C15H18BrN2O4S+. The lowest BCUT2D eigenvalue weighted by Crippen LogP contribution is -2.43. The van der Waals surface area contributed by atoms with Crippen LogP contribution in [0.2, 0.25) is 0 Å². The summed E-state index contributed by atoms with van der Waals surface area (Å²) in [6.45, 7) is 5.35. The molecule has 0 atom stereocenters. The highest BCUT2D eigenvalue weighted by molar-refractivity contribution is 9.10. The number of aromatic nitrogens is 1. The molecule has 0 fully saturated rings. The van der Waals surface area contributed by atoms with Crippen LogP contribution in [0, 0.1) is 20.8 Å². The normalized spacial score (nSPS) is 11.5. The van der Waals surface area contributed by atoms with E-state index in [1.165, 1.54) is 4.68 Å². The van der Waals surface area contributed by atoms with Crippen LogP contribution in [-0.2, 0) is 16.7 Å². The number of pyridine rings is 1. The highest BCUT2D eigenvalue weighted by Gasteiger charge is 2.21. The van der Waals surface area contributed by atoms with Gasteiger partial charge in [0.15, 0.2) is 5.75 Å². The average Bonchev–Trinajstić information content (AvgIpc) is 2.34. The summed E-state index contributed by atoms with van der Waals surface area (Å²) in [5.41, 5.74) is 2.60. The van der Waals surface area contributed by atoms with Crippen LogP contribution < -0.4 is 15.3 Å². The van der Waals surface area contributed by atoms with E-state index < -0.39 is 10.1 Å². The van der Waals surface area contributed by atoms with Gasteiger partial charge in [0.1, 0.15) is 11.5 Å². The molecule has 8 heteroatoms. The standard InChI is InChI=1S/C15H17BrN2O4S/c1-9-4-10(2)15(23(19,20)21)11(3)14(9)8-22-13-5-12(16)6-18(17)7-13/h4-7H,8,17H2,1-3H3/p+1. The predicted octanol–water partition coefficient (Wildman–Crippen LogP) is 2.20. The van der Waals surface area contributed by atoms with Crippen LogP contribution in [0.1, 0.15) is 22.3 Å². The SMILES string of the molecule is Cc1cc(C)c(S(=O)(=O)O)c(C)c1COc1cc(Br)c[n+](N)c1. The number of nitrogen functional groups attached to an aromatic ring is 1. The maximum absolute atomic E-state index is 11.6. The number of halogens is 1. The highest BCUT2D eigenvalue weighted by Crippen LogP contribution is 2.27. The van der Waals surface area contributed by atoms with Gasteiger partial charge in [0, 0.05) is 6.07 Å². The zero-order valence-corrected chi connectivity index (χ0v) is 15.4. The summed E-state index contributed by atoms with van der Waals surface area (Å²) in [5.74, 6) is 6.22. The van der Waals surface area contributed by atoms with Crippen LogP contribution in [-0.4, -0.2) is 13.0 Å². The molecule has 0 aliphatic carbocycles. The van der Waals surface area contributed by atoms with E-state index in [0.717, 1.165) is 10.0 Å². The third kappa shape index (κ3) is 4.01. The van der Waals surface area contributed by atoms with Crippen molar-refractivity contribution in [1.82, 2.24) is 0 Å². The maximum atomic E-state index is 11.6. The molecule has 0 radical (unpaired) electrons. The molecule has 1 heterocycles. The second kappa shape index (κ2) is 6.46. The summed E-state index contributed by atoms with van der Waals surface area (Å²) >= 11 is 3.32. The lowest BCUT2D eigenvalue weighted by Gasteiger charge is -2.16. The first kappa shape index (κ1) is 17.7. The quantitative estimate of drug-likeness (QED) is 0.465. The molecule has 6 nitrogen and oxygen atoms in total. The van der Waals surface area contributed by atoms with Gasteiger partial charge in [0.25, 0.3) is 10.1 Å². The Kier molecular flexibility index (Phi) is 4.98. The van der Waals surface area contributed by atoms with Crippen LogP contribution in [0.15, 0.2) is 33.9 Å². The number of benzene rings is 1. The van der Waals surface area contributed by atoms with Crippen molar-refractivity contribution in [2.24, 2.45) is 0 Å². The van der Waals surface area contributed by atoms with Crippen molar-refractivity contribution < 1.29 is 22.4 Å². The van der Waals surface area contributed by atoms with Crippen LogP contribution in [0.25, 0.3) is 0 Å². The molecule has 0 spiro atoms. The van der Waals surface area contributed by atoms with Gasteiger partial charge in [-0.25, -0.2) is 5.84 Å². The lowest BCUT2D eigenvalue weighted by molar-refractivity contribution is -0.639. The van der Waals surface area contributed by atoms with Crippen LogP contribution in [0.4, 0.5) is 0 Å². The van der Waals surface area contributed by atoms with Gasteiger partial charge in [-0.1, -0.05) is 10.7 Å². The van der Waals surface area contributed by atoms with Crippen molar-refractivity contribution in [1.29, 1.82) is 0 Å². The molecule has 0 aliphatic heterocycles. The number of ether oxygens (including phenoxy) is 1. The molecule has 2 aromatic rings. The van der Waals surface area contributed by atoms with Crippen molar-refractivity contribution in [2.45, 2.75) is 32.3 Å². The number of nitrogens with zero attached hydrogens (tertiary/aromatic N) is 1. The molecule has 0 bridgehead atoms. The number of rotatable bonds is 4. The topological polar surface area (TPSA) is 93.5 Å². The zero-order chi connectivity index (χ0) is 17.4. The van der Waals surface area contributed by atoms with E-state index >= 15 is 0 Å². The summed E-state index contributed by atoms with van der Waals surface area (Å²) in [6, 6.07) is 3.48. The van der Waals surface area contributed by atoms with E-state index in [0.29, 0.717) is 22.4 Å². The smallest absolute Gasteiger partial charge is 0.295 e. The highest BCUT2D eigenvalue weighted by atomic mass is 79.9. The van der Waals surface area contributed by atoms with E-state index in [9.17, 15) is 13.0 Å². The summed E-state index contributed by atoms with van der Waals surface area (Å²) in [5, 5.41) is 0. The van der Waals surface area contributed by atoms with Gasteiger partial charge in [-0.05, 0) is 59.0 Å². The molecule has 23 heavy (non-hydrogen) atoms. The first-order chi connectivity index (χ1) is 10.6. The largest absolute Gasteiger partial charge is 0.483 e. The summed E-state index contributed by atoms with van der Waals surface area (Å²) in [6.07, 6.45) is 3.28. The number of hydrogen-bond acceptors (Lipinski definition) is 4. The second-order valence-electron chi connectivity index (χ2n) is 5.34. The molecule has 0 saturated carbocycles. The van der Waals surface area contributed by atoms with E-state index in [-0.39, 0.29) is 11.5 Å². The van der Waals surface area contributed by atoms with Gasteiger partial charge in [-0.15, -0.1) is 0 Å². The lowest BCUT2D eigenvalue weighted by atomic mass is 10.0. The minimum atomic E-state index is -4.29. The molecule has 2 rings (SSSR count). The van der Waals surface area contributed by atoms with Crippen LogP contribution in [0.3, 0.4) is 0 Å². The fraction of sp³-hybridized carbons (Fsp3) is 0.267. The molecule has 0 amide bonds. The van der Waals surface area contributed by atoms with Gasteiger partial charge in [0.2, 0.25) is 12.4 Å². The number of hydrogen-bond donors (Lipinski definition) is 2. The van der Waals surface area contributed by atoms with E-state index in [1.54, 1.807) is 38.4 Å². The van der Waals surface area contributed by atoms with Crippen molar-refractivity contribution >= 4 is 26.0 Å². The molecule has 0 saturated heterocycles. The van der Waals surface area contributed by atoms with E-state index in [4.69, 9.17) is 10.6 Å². The molecule has 3 N–H and O–H groups in total. The number of aryl methyl sites for hydroxylation is 2. The summed E-state index contributed by atoms with van der Waals surface area (Å²) < 4.78 is 40.4. The third-order valence-electron chi connectivity index (χ3n) is 3.53. The molecule has 124 valence electrons. The Morgan fingerprint density at radius 2 is 1.87 bits per heavy atom. The summed E-state index contributed by atoms with van der Waals surface area (Å²) in [4.78, 5) is -0.0650. The Balaban J connectivity index is 2.40. The summed E-state index contributed by atoms with van der Waals surface area (Å²) in [7, 11) is -4.29. The van der Waals surface area contributed by atoms with Crippen molar-refractivity contribution in [3.05, 3.63) is 51.3 Å². The monoisotopic (exact) mass is 401 g/mol. The fourth-order valence-corrected chi connectivity index (χ4v) is 4.03. The zero-order valence-electron chi connectivity index (χ0n) is 13.0. The van der Waals surface area contributed by atoms with Crippen LogP contribution >= 0.6 is 15.9 Å². The van der Waals surface area contributed by atoms with E-state index in [2.05, 4.69) is 15.9 Å². The predicted molar refractivity (Wildman–Crippen MR) is 89.3 cm³/mol. The molecular weight excluding hydrogens is 384 g/mol. The average molecular weight is 402 g/mol. The molecule has 1 aromatic heterocycles. The minimum Gasteiger partial charge on any atom is -0.483 e.